The van der Waals surface area contributed by atoms with E-state index in [1.165, 1.54) is 0 Å². The monoisotopic (exact) mass is 261 g/mol. The lowest BCUT2D eigenvalue weighted by Crippen LogP contribution is -2.46. The number of ketones is 1. The van der Waals surface area contributed by atoms with Gasteiger partial charge in [-0.2, -0.15) is 0 Å². The number of benzene rings is 1. The summed E-state index contributed by atoms with van der Waals surface area (Å²) in [5, 5.41) is 0. The maximum Gasteiger partial charge on any atom is 0.179 e. The van der Waals surface area contributed by atoms with Crippen molar-refractivity contribution >= 4 is 5.78 Å². The average Bonchev–Trinajstić information content (AvgIpc) is 2.49. The minimum absolute atomic E-state index is 0.0227. The highest BCUT2D eigenvalue weighted by Crippen LogP contribution is 2.19. The van der Waals surface area contributed by atoms with E-state index in [4.69, 9.17) is 4.74 Å². The van der Waals surface area contributed by atoms with Crippen LogP contribution in [0.1, 0.15) is 36.5 Å². The smallest absolute Gasteiger partial charge is 0.179 e. The Balaban J connectivity index is 2.08. The molecule has 0 spiro atoms. The lowest BCUT2D eigenvalue weighted by molar-refractivity contribution is 0.0271. The van der Waals surface area contributed by atoms with Crippen molar-refractivity contribution in [2.24, 2.45) is 0 Å². The third kappa shape index (κ3) is 3.43. The van der Waals surface area contributed by atoms with Gasteiger partial charge in [0, 0.05) is 24.8 Å². The molecule has 0 bridgehead atoms. The molecule has 2 rings (SSSR count). The summed E-state index contributed by atoms with van der Waals surface area (Å²) in [6, 6.07) is 10.0. The first-order valence-electron chi connectivity index (χ1n) is 7.13. The van der Waals surface area contributed by atoms with Crippen molar-refractivity contribution in [1.82, 2.24) is 4.90 Å². The van der Waals surface area contributed by atoms with E-state index in [1.54, 1.807) is 0 Å². The van der Waals surface area contributed by atoms with Crippen LogP contribution in [-0.2, 0) is 4.74 Å². The number of likely N-dealkylation sites (N-methyl/N-ethyl adjacent to an activating group) is 1. The number of carbonyl (C=O) groups is 1. The third-order valence-electron chi connectivity index (χ3n) is 4.01. The maximum atomic E-state index is 12.6. The van der Waals surface area contributed by atoms with E-state index in [0.29, 0.717) is 6.04 Å². The summed E-state index contributed by atoms with van der Waals surface area (Å²) in [5.41, 5.74) is 0.813. The van der Waals surface area contributed by atoms with E-state index in [0.717, 1.165) is 38.0 Å². The first-order chi connectivity index (χ1) is 9.24. The molecular formula is C16H23NO2. The van der Waals surface area contributed by atoms with E-state index < -0.39 is 0 Å². The molecule has 1 aliphatic rings. The third-order valence-corrected chi connectivity index (χ3v) is 4.01. The Morgan fingerprint density at radius 1 is 1.32 bits per heavy atom. The molecule has 0 saturated carbocycles. The second kappa shape index (κ2) is 6.83. The molecule has 0 amide bonds. The SMILES string of the molecule is CCC(C(=O)c1ccccc1)N(C)C1CCOCC1. The van der Waals surface area contributed by atoms with Crippen molar-refractivity contribution < 1.29 is 9.53 Å². The summed E-state index contributed by atoms with van der Waals surface area (Å²) >= 11 is 0. The van der Waals surface area contributed by atoms with Crippen molar-refractivity contribution in [3.05, 3.63) is 35.9 Å². The lowest BCUT2D eigenvalue weighted by atomic mass is 9.97. The molecule has 1 aromatic carbocycles. The summed E-state index contributed by atoms with van der Waals surface area (Å²) in [6.07, 6.45) is 2.89. The highest BCUT2D eigenvalue weighted by molar-refractivity contribution is 6.00. The Hall–Kier alpha value is -1.19. The zero-order valence-electron chi connectivity index (χ0n) is 11.8. The van der Waals surface area contributed by atoms with Gasteiger partial charge in [-0.1, -0.05) is 37.3 Å². The fourth-order valence-corrected chi connectivity index (χ4v) is 2.80. The highest BCUT2D eigenvalue weighted by Gasteiger charge is 2.28. The molecule has 1 aromatic rings. The van der Waals surface area contributed by atoms with Gasteiger partial charge in [0.05, 0.1) is 6.04 Å². The van der Waals surface area contributed by atoms with Crippen molar-refractivity contribution in [2.75, 3.05) is 20.3 Å². The topological polar surface area (TPSA) is 29.5 Å². The van der Waals surface area contributed by atoms with Gasteiger partial charge in [0.25, 0.3) is 0 Å². The van der Waals surface area contributed by atoms with Gasteiger partial charge in [-0.25, -0.2) is 0 Å². The predicted octanol–water partition coefficient (Wildman–Crippen LogP) is 2.76. The Kier molecular flexibility index (Phi) is 5.11. The summed E-state index contributed by atoms with van der Waals surface area (Å²) < 4.78 is 5.40. The second-order valence-electron chi connectivity index (χ2n) is 5.16. The minimum atomic E-state index is -0.0227. The maximum absolute atomic E-state index is 12.6. The molecule has 1 saturated heterocycles. The van der Waals surface area contributed by atoms with Crippen LogP contribution in [0.3, 0.4) is 0 Å². The van der Waals surface area contributed by atoms with Crippen LogP contribution in [-0.4, -0.2) is 43.0 Å². The first kappa shape index (κ1) is 14.2. The zero-order valence-corrected chi connectivity index (χ0v) is 11.8. The van der Waals surface area contributed by atoms with Gasteiger partial charge in [0.2, 0.25) is 0 Å². The highest BCUT2D eigenvalue weighted by atomic mass is 16.5. The largest absolute Gasteiger partial charge is 0.381 e. The number of carbonyl (C=O) groups excluding carboxylic acids is 1. The van der Waals surface area contributed by atoms with Gasteiger partial charge in [-0.15, -0.1) is 0 Å². The quantitative estimate of drug-likeness (QED) is 0.763. The van der Waals surface area contributed by atoms with Gasteiger partial charge in [0.1, 0.15) is 0 Å². The fraction of sp³-hybridized carbons (Fsp3) is 0.562. The number of nitrogens with zero attached hydrogens (tertiary/aromatic N) is 1. The molecule has 0 N–H and O–H groups in total. The molecule has 19 heavy (non-hydrogen) atoms. The molecule has 1 aliphatic heterocycles. The second-order valence-corrected chi connectivity index (χ2v) is 5.16. The summed E-state index contributed by atoms with van der Waals surface area (Å²) in [5.74, 6) is 0.233. The number of Topliss-reactive ketones (excluding diaryl/α,β-unsaturated/α-hetero) is 1. The van der Waals surface area contributed by atoms with Crippen molar-refractivity contribution in [1.29, 1.82) is 0 Å². The zero-order chi connectivity index (χ0) is 13.7. The Bertz CT molecular complexity index is 398. The van der Waals surface area contributed by atoms with E-state index in [-0.39, 0.29) is 11.8 Å². The van der Waals surface area contributed by atoms with Crippen LogP contribution >= 0.6 is 0 Å². The molecule has 104 valence electrons. The molecule has 0 aromatic heterocycles. The molecular weight excluding hydrogens is 238 g/mol. The molecule has 1 fully saturated rings. The van der Waals surface area contributed by atoms with Crippen molar-refractivity contribution in [3.8, 4) is 0 Å². The van der Waals surface area contributed by atoms with Crippen LogP contribution in [0, 0.1) is 0 Å². The molecule has 1 unspecified atom stereocenters. The number of hydrogen-bond donors (Lipinski definition) is 0. The van der Waals surface area contributed by atoms with Gasteiger partial charge in [0.15, 0.2) is 5.78 Å². The van der Waals surface area contributed by atoms with Gasteiger partial charge >= 0.3 is 0 Å². The summed E-state index contributed by atoms with van der Waals surface area (Å²) in [4.78, 5) is 14.8. The van der Waals surface area contributed by atoms with Crippen LogP contribution in [0.4, 0.5) is 0 Å². The van der Waals surface area contributed by atoms with Gasteiger partial charge in [-0.3, -0.25) is 9.69 Å². The van der Waals surface area contributed by atoms with Crippen LogP contribution < -0.4 is 0 Å². The molecule has 1 heterocycles. The van der Waals surface area contributed by atoms with E-state index in [9.17, 15) is 4.79 Å². The number of ether oxygens (including phenoxy) is 1. The van der Waals surface area contributed by atoms with Gasteiger partial charge in [-0.05, 0) is 26.3 Å². The molecule has 3 heteroatoms. The fourth-order valence-electron chi connectivity index (χ4n) is 2.80. The Morgan fingerprint density at radius 2 is 1.95 bits per heavy atom. The Labute approximate surface area is 115 Å². The predicted molar refractivity (Wildman–Crippen MR) is 76.5 cm³/mol. The normalized spacial score (nSPS) is 18.5. The van der Waals surface area contributed by atoms with Crippen LogP contribution in [0.15, 0.2) is 30.3 Å². The average molecular weight is 261 g/mol. The van der Waals surface area contributed by atoms with Crippen molar-refractivity contribution in [2.45, 2.75) is 38.3 Å². The van der Waals surface area contributed by atoms with E-state index in [1.807, 2.05) is 30.3 Å². The summed E-state index contributed by atoms with van der Waals surface area (Å²) in [6.45, 7) is 3.71. The van der Waals surface area contributed by atoms with Crippen LogP contribution in [0.5, 0.6) is 0 Å². The van der Waals surface area contributed by atoms with Crippen LogP contribution in [0.25, 0.3) is 0 Å². The lowest BCUT2D eigenvalue weighted by Gasteiger charge is -2.36. The van der Waals surface area contributed by atoms with E-state index >= 15 is 0 Å². The minimum Gasteiger partial charge on any atom is -0.381 e. The van der Waals surface area contributed by atoms with Crippen molar-refractivity contribution in [3.63, 3.8) is 0 Å². The molecule has 1 atom stereocenters. The molecule has 0 radical (unpaired) electrons. The number of hydrogen-bond acceptors (Lipinski definition) is 3. The van der Waals surface area contributed by atoms with E-state index in [2.05, 4.69) is 18.9 Å². The summed E-state index contributed by atoms with van der Waals surface area (Å²) in [7, 11) is 2.07. The first-order valence-corrected chi connectivity index (χ1v) is 7.13. The molecule has 0 aliphatic carbocycles. The standard InChI is InChI=1S/C16H23NO2/c1-3-15(16(18)13-7-5-4-6-8-13)17(2)14-9-11-19-12-10-14/h4-8,14-15H,3,9-12H2,1-2H3. The van der Waals surface area contributed by atoms with Gasteiger partial charge < -0.3 is 4.74 Å². The molecule has 3 nitrogen and oxygen atoms in total. The van der Waals surface area contributed by atoms with Crippen LogP contribution in [0.2, 0.25) is 0 Å². The Morgan fingerprint density at radius 3 is 2.53 bits per heavy atom. The number of rotatable bonds is 5.